The number of nitrogens with one attached hydrogen (secondary N) is 1. The number of aliphatic hydroxyl groups is 1. The molecule has 3 heteroatoms. The van der Waals surface area contributed by atoms with E-state index in [9.17, 15) is 0 Å². The Bertz CT molecular complexity index is 61.4. The lowest BCUT2D eigenvalue weighted by molar-refractivity contribution is -0.694. The molecule has 1 aliphatic heterocycles. The standard InChI is InChI=1S/C5H12N2O/c8-4-5-3-6-1-2-7-5/h5-8H,1-4H2/p+1. The lowest BCUT2D eigenvalue weighted by atomic mass is 10.2. The zero-order chi connectivity index (χ0) is 5.82. The second-order valence-corrected chi connectivity index (χ2v) is 2.17. The molecule has 1 aliphatic rings. The molecule has 1 atom stereocenters. The van der Waals surface area contributed by atoms with Gasteiger partial charge in [0.05, 0.1) is 19.7 Å². The Balaban J connectivity index is 2.13. The monoisotopic (exact) mass is 117 g/mol. The van der Waals surface area contributed by atoms with Gasteiger partial charge in [0.2, 0.25) is 0 Å². The lowest BCUT2D eigenvalue weighted by Crippen LogP contribution is -2.96. The van der Waals surface area contributed by atoms with Crippen molar-refractivity contribution in [2.24, 2.45) is 0 Å². The van der Waals surface area contributed by atoms with E-state index in [-0.39, 0.29) is 0 Å². The highest BCUT2D eigenvalue weighted by Gasteiger charge is 2.12. The van der Waals surface area contributed by atoms with Crippen molar-refractivity contribution in [3.63, 3.8) is 0 Å². The average Bonchev–Trinajstić information content (AvgIpc) is 1.90. The van der Waals surface area contributed by atoms with Gasteiger partial charge in [-0.2, -0.15) is 0 Å². The minimum absolute atomic E-state index is 0.299. The van der Waals surface area contributed by atoms with Gasteiger partial charge in [0.1, 0.15) is 6.04 Å². The Morgan fingerprint density at radius 3 is 3.00 bits per heavy atom. The van der Waals surface area contributed by atoms with Gasteiger partial charge in [-0.1, -0.05) is 0 Å². The highest BCUT2D eigenvalue weighted by Crippen LogP contribution is 1.72. The molecule has 1 saturated heterocycles. The van der Waals surface area contributed by atoms with Crippen LogP contribution in [0.1, 0.15) is 0 Å². The van der Waals surface area contributed by atoms with Crippen molar-refractivity contribution in [2.45, 2.75) is 6.04 Å². The summed E-state index contributed by atoms with van der Waals surface area (Å²) in [5.41, 5.74) is 0. The molecule has 1 fully saturated rings. The maximum atomic E-state index is 8.62. The van der Waals surface area contributed by atoms with Gasteiger partial charge in [0.15, 0.2) is 0 Å². The van der Waals surface area contributed by atoms with E-state index < -0.39 is 0 Å². The Morgan fingerprint density at radius 1 is 1.75 bits per heavy atom. The van der Waals surface area contributed by atoms with E-state index >= 15 is 0 Å². The molecule has 0 aromatic carbocycles. The number of aliphatic hydroxyl groups excluding tert-OH is 1. The molecule has 1 rings (SSSR count). The molecule has 8 heavy (non-hydrogen) atoms. The Morgan fingerprint density at radius 2 is 2.62 bits per heavy atom. The number of piperazine rings is 1. The Hall–Kier alpha value is -0.120. The second-order valence-electron chi connectivity index (χ2n) is 2.17. The van der Waals surface area contributed by atoms with Crippen LogP contribution in [0, 0.1) is 0 Å². The molecule has 0 aromatic heterocycles. The van der Waals surface area contributed by atoms with Crippen molar-refractivity contribution in [3.8, 4) is 0 Å². The van der Waals surface area contributed by atoms with Gasteiger partial charge in [0.25, 0.3) is 0 Å². The number of quaternary nitrogens is 1. The summed E-state index contributed by atoms with van der Waals surface area (Å²) < 4.78 is 0. The predicted molar refractivity (Wildman–Crippen MR) is 30.5 cm³/mol. The van der Waals surface area contributed by atoms with Crippen LogP contribution in [0.25, 0.3) is 0 Å². The predicted octanol–water partition coefficient (Wildman–Crippen LogP) is -2.49. The van der Waals surface area contributed by atoms with Crippen molar-refractivity contribution < 1.29 is 10.4 Å². The van der Waals surface area contributed by atoms with Crippen LogP contribution in [0.2, 0.25) is 0 Å². The number of nitrogens with two attached hydrogens (primary N) is 1. The highest BCUT2D eigenvalue weighted by atomic mass is 16.3. The van der Waals surface area contributed by atoms with E-state index in [1.54, 1.807) is 0 Å². The van der Waals surface area contributed by atoms with Gasteiger partial charge in [-0.25, -0.2) is 0 Å². The first-order valence-electron chi connectivity index (χ1n) is 3.08. The van der Waals surface area contributed by atoms with Crippen LogP contribution < -0.4 is 10.6 Å². The van der Waals surface area contributed by atoms with Crippen molar-refractivity contribution in [1.82, 2.24) is 5.32 Å². The first-order valence-corrected chi connectivity index (χ1v) is 3.08. The van der Waals surface area contributed by atoms with Gasteiger partial charge in [-0.05, 0) is 0 Å². The molecule has 1 unspecified atom stereocenters. The Labute approximate surface area is 49.1 Å². The third-order valence-corrected chi connectivity index (χ3v) is 1.46. The van der Waals surface area contributed by atoms with Gasteiger partial charge in [0, 0.05) is 6.54 Å². The first kappa shape index (κ1) is 6.01. The van der Waals surface area contributed by atoms with Crippen molar-refractivity contribution in [2.75, 3.05) is 26.2 Å². The normalized spacial score (nSPS) is 30.4. The van der Waals surface area contributed by atoms with E-state index in [2.05, 4.69) is 10.6 Å². The summed E-state index contributed by atoms with van der Waals surface area (Å²) in [7, 11) is 0. The van der Waals surface area contributed by atoms with E-state index in [0.29, 0.717) is 12.6 Å². The summed E-state index contributed by atoms with van der Waals surface area (Å²) in [5.74, 6) is 0. The molecular formula is C5H13N2O+. The maximum absolute atomic E-state index is 8.62. The molecule has 3 nitrogen and oxygen atoms in total. The van der Waals surface area contributed by atoms with Crippen LogP contribution in [0.4, 0.5) is 0 Å². The summed E-state index contributed by atoms with van der Waals surface area (Å²) in [4.78, 5) is 0. The maximum Gasteiger partial charge on any atom is 0.122 e. The minimum atomic E-state index is 0.299. The van der Waals surface area contributed by atoms with Crippen LogP contribution in [0.5, 0.6) is 0 Å². The third kappa shape index (κ3) is 1.43. The van der Waals surface area contributed by atoms with Gasteiger partial charge in [-0.15, -0.1) is 0 Å². The first-order chi connectivity index (χ1) is 3.93. The number of hydrogen-bond donors (Lipinski definition) is 3. The lowest BCUT2D eigenvalue weighted by Gasteiger charge is -2.18. The fourth-order valence-electron chi connectivity index (χ4n) is 0.931. The van der Waals surface area contributed by atoms with Crippen molar-refractivity contribution in [3.05, 3.63) is 0 Å². The van der Waals surface area contributed by atoms with Crippen molar-refractivity contribution in [1.29, 1.82) is 0 Å². The summed E-state index contributed by atoms with van der Waals surface area (Å²) in [5, 5.41) is 14.0. The van der Waals surface area contributed by atoms with E-state index in [4.69, 9.17) is 5.11 Å². The fourth-order valence-corrected chi connectivity index (χ4v) is 0.931. The highest BCUT2D eigenvalue weighted by molar-refractivity contribution is 4.59. The van der Waals surface area contributed by atoms with Gasteiger partial charge < -0.3 is 15.7 Å². The molecule has 48 valence electrons. The van der Waals surface area contributed by atoms with Crippen LogP contribution in [0.15, 0.2) is 0 Å². The van der Waals surface area contributed by atoms with Gasteiger partial charge in [-0.3, -0.25) is 0 Å². The summed E-state index contributed by atoms with van der Waals surface area (Å²) >= 11 is 0. The smallest absolute Gasteiger partial charge is 0.122 e. The molecule has 0 amide bonds. The quantitative estimate of drug-likeness (QED) is 0.356. The molecule has 4 N–H and O–H groups in total. The largest absolute Gasteiger partial charge is 0.390 e. The minimum Gasteiger partial charge on any atom is -0.390 e. The van der Waals surface area contributed by atoms with E-state index in [0.717, 1.165) is 19.6 Å². The van der Waals surface area contributed by atoms with Crippen molar-refractivity contribution >= 4 is 0 Å². The topological polar surface area (TPSA) is 48.9 Å². The summed E-state index contributed by atoms with van der Waals surface area (Å²) in [6.45, 7) is 3.44. The molecular weight excluding hydrogens is 104 g/mol. The van der Waals surface area contributed by atoms with Crippen LogP contribution in [-0.2, 0) is 0 Å². The van der Waals surface area contributed by atoms with Crippen LogP contribution in [-0.4, -0.2) is 37.4 Å². The van der Waals surface area contributed by atoms with E-state index in [1.807, 2.05) is 0 Å². The molecule has 0 bridgehead atoms. The number of hydrogen-bond acceptors (Lipinski definition) is 2. The molecule has 0 aliphatic carbocycles. The third-order valence-electron chi connectivity index (χ3n) is 1.46. The van der Waals surface area contributed by atoms with E-state index in [1.165, 1.54) is 0 Å². The summed E-state index contributed by atoms with van der Waals surface area (Å²) in [6, 6.07) is 0.406. The SMILES string of the molecule is OCC1CNCC[NH2+]1. The zero-order valence-electron chi connectivity index (χ0n) is 4.93. The number of rotatable bonds is 1. The molecule has 0 aromatic rings. The van der Waals surface area contributed by atoms with Gasteiger partial charge >= 0.3 is 0 Å². The zero-order valence-corrected chi connectivity index (χ0v) is 4.93. The van der Waals surface area contributed by atoms with Crippen LogP contribution >= 0.6 is 0 Å². The second kappa shape index (κ2) is 3.02. The average molecular weight is 117 g/mol. The molecule has 0 saturated carbocycles. The molecule has 0 radical (unpaired) electrons. The molecule has 0 spiro atoms. The van der Waals surface area contributed by atoms with Crippen LogP contribution in [0.3, 0.4) is 0 Å². The summed E-state index contributed by atoms with van der Waals surface area (Å²) in [6.07, 6.45) is 0. The molecule has 1 heterocycles. The fraction of sp³-hybridized carbons (Fsp3) is 1.00. The Kier molecular flexibility index (Phi) is 2.27.